The number of carbonyl (C=O) groups is 2. The van der Waals surface area contributed by atoms with Gasteiger partial charge in [-0.15, -0.1) is 0 Å². The zero-order valence-electron chi connectivity index (χ0n) is 14.2. The normalized spacial score (nSPS) is 17.8. The van der Waals surface area contributed by atoms with Crippen molar-refractivity contribution < 1.29 is 9.59 Å². The second kappa shape index (κ2) is 7.01. The van der Waals surface area contributed by atoms with Crippen molar-refractivity contribution in [1.82, 2.24) is 9.47 Å². The molecule has 1 aromatic heterocycles. The lowest BCUT2D eigenvalue weighted by Gasteiger charge is -2.24. The fourth-order valence-electron chi connectivity index (χ4n) is 3.34. The quantitative estimate of drug-likeness (QED) is 0.860. The standard InChI is InChI=1S/C19H23N3O2/c1-14(23)15-7-9-16(10-8-15)20-19(24)13-22-12-4-6-18(22)17-5-3-11-21(17)2/h3,5,7-11,18H,4,6,12-13H2,1-2H3,(H,20,24)/t18-/m1/s1. The molecule has 126 valence electrons. The monoisotopic (exact) mass is 325 g/mol. The number of aryl methyl sites for hydroxylation is 1. The number of hydrogen-bond acceptors (Lipinski definition) is 3. The number of carbonyl (C=O) groups excluding carboxylic acids is 2. The predicted molar refractivity (Wildman–Crippen MR) is 94.0 cm³/mol. The van der Waals surface area contributed by atoms with Crippen LogP contribution >= 0.6 is 0 Å². The van der Waals surface area contributed by atoms with Gasteiger partial charge < -0.3 is 9.88 Å². The van der Waals surface area contributed by atoms with Crippen molar-refractivity contribution in [3.8, 4) is 0 Å². The van der Waals surface area contributed by atoms with Gasteiger partial charge in [0.2, 0.25) is 5.91 Å². The van der Waals surface area contributed by atoms with Crippen LogP contribution < -0.4 is 5.32 Å². The minimum atomic E-state index is -0.0216. The number of rotatable bonds is 5. The topological polar surface area (TPSA) is 54.3 Å². The average Bonchev–Trinajstić information content (AvgIpc) is 3.16. The number of anilines is 1. The van der Waals surface area contributed by atoms with Crippen LogP contribution in [-0.4, -0.2) is 34.2 Å². The Morgan fingerprint density at radius 1 is 1.21 bits per heavy atom. The van der Waals surface area contributed by atoms with Crippen LogP contribution in [0.15, 0.2) is 42.6 Å². The van der Waals surface area contributed by atoms with Gasteiger partial charge in [-0.05, 0) is 62.7 Å². The molecule has 1 fully saturated rings. The molecule has 5 heteroatoms. The summed E-state index contributed by atoms with van der Waals surface area (Å²) in [5, 5.41) is 2.92. The van der Waals surface area contributed by atoms with Gasteiger partial charge in [-0.1, -0.05) is 0 Å². The molecule has 1 N–H and O–H groups in total. The van der Waals surface area contributed by atoms with E-state index in [0.717, 1.165) is 25.1 Å². The largest absolute Gasteiger partial charge is 0.353 e. The van der Waals surface area contributed by atoms with Gasteiger partial charge in [0.25, 0.3) is 0 Å². The van der Waals surface area contributed by atoms with E-state index >= 15 is 0 Å². The average molecular weight is 325 g/mol. The Kier molecular flexibility index (Phi) is 4.81. The number of aromatic nitrogens is 1. The van der Waals surface area contributed by atoms with Crippen molar-refractivity contribution in [2.75, 3.05) is 18.4 Å². The van der Waals surface area contributed by atoms with Crippen molar-refractivity contribution in [2.24, 2.45) is 7.05 Å². The number of amides is 1. The highest BCUT2D eigenvalue weighted by molar-refractivity contribution is 5.96. The summed E-state index contributed by atoms with van der Waals surface area (Å²) in [6.45, 7) is 2.85. The van der Waals surface area contributed by atoms with Gasteiger partial charge in [0.1, 0.15) is 0 Å². The summed E-state index contributed by atoms with van der Waals surface area (Å²) in [5.74, 6) is 0.00189. The fourth-order valence-corrected chi connectivity index (χ4v) is 3.34. The van der Waals surface area contributed by atoms with Gasteiger partial charge in [0, 0.05) is 30.2 Å². The Hall–Kier alpha value is -2.40. The third-order valence-corrected chi connectivity index (χ3v) is 4.61. The smallest absolute Gasteiger partial charge is 0.238 e. The second-order valence-corrected chi connectivity index (χ2v) is 6.35. The number of ketones is 1. The van der Waals surface area contributed by atoms with Crippen LogP contribution in [0, 0.1) is 0 Å². The molecular formula is C19H23N3O2. The molecule has 1 saturated heterocycles. The molecule has 0 aliphatic carbocycles. The third kappa shape index (κ3) is 3.57. The summed E-state index contributed by atoms with van der Waals surface area (Å²) in [7, 11) is 2.04. The number of benzene rings is 1. The summed E-state index contributed by atoms with van der Waals surface area (Å²) in [6, 6.07) is 11.5. The van der Waals surface area contributed by atoms with Gasteiger partial charge in [0.05, 0.1) is 12.6 Å². The zero-order valence-corrected chi connectivity index (χ0v) is 14.2. The molecule has 3 rings (SSSR count). The van der Waals surface area contributed by atoms with Crippen molar-refractivity contribution in [3.63, 3.8) is 0 Å². The number of nitrogens with one attached hydrogen (secondary N) is 1. The van der Waals surface area contributed by atoms with E-state index in [1.54, 1.807) is 24.3 Å². The molecule has 24 heavy (non-hydrogen) atoms. The molecule has 2 heterocycles. The molecule has 5 nitrogen and oxygen atoms in total. The fraction of sp³-hybridized carbons (Fsp3) is 0.368. The lowest BCUT2D eigenvalue weighted by atomic mass is 10.1. The molecule has 0 spiro atoms. The Morgan fingerprint density at radius 3 is 2.58 bits per heavy atom. The zero-order chi connectivity index (χ0) is 17.1. The van der Waals surface area contributed by atoms with Crippen molar-refractivity contribution >= 4 is 17.4 Å². The highest BCUT2D eigenvalue weighted by Crippen LogP contribution is 2.31. The predicted octanol–water partition coefficient (Wildman–Crippen LogP) is 3.00. The Bertz CT molecular complexity index is 733. The SMILES string of the molecule is CC(=O)c1ccc(NC(=O)CN2CCC[C@@H]2c2cccn2C)cc1. The number of Topliss-reactive ketones (excluding diaryl/α,β-unsaturated/α-hetero) is 1. The Labute approximate surface area is 142 Å². The maximum atomic E-state index is 12.4. The van der Waals surface area contributed by atoms with E-state index in [4.69, 9.17) is 0 Å². The first-order chi connectivity index (χ1) is 11.5. The van der Waals surface area contributed by atoms with E-state index < -0.39 is 0 Å². The lowest BCUT2D eigenvalue weighted by molar-refractivity contribution is -0.117. The van der Waals surface area contributed by atoms with Crippen LogP contribution in [0.2, 0.25) is 0 Å². The summed E-state index contributed by atoms with van der Waals surface area (Å²) in [6.07, 6.45) is 4.23. The molecule has 1 atom stereocenters. The molecule has 1 aliphatic rings. The molecular weight excluding hydrogens is 302 g/mol. The van der Waals surface area contributed by atoms with Crippen LogP contribution in [0.5, 0.6) is 0 Å². The van der Waals surface area contributed by atoms with Crippen molar-refractivity contribution in [1.29, 1.82) is 0 Å². The molecule has 0 unspecified atom stereocenters. The maximum Gasteiger partial charge on any atom is 0.238 e. The Morgan fingerprint density at radius 2 is 1.96 bits per heavy atom. The number of likely N-dealkylation sites (tertiary alicyclic amines) is 1. The van der Waals surface area contributed by atoms with E-state index in [-0.39, 0.29) is 11.7 Å². The van der Waals surface area contributed by atoms with E-state index in [9.17, 15) is 9.59 Å². The molecule has 1 amide bonds. The first-order valence-electron chi connectivity index (χ1n) is 8.31. The van der Waals surface area contributed by atoms with Crippen molar-refractivity contribution in [2.45, 2.75) is 25.8 Å². The van der Waals surface area contributed by atoms with Crippen LogP contribution in [0.4, 0.5) is 5.69 Å². The summed E-state index contributed by atoms with van der Waals surface area (Å²) in [5.41, 5.74) is 2.63. The minimum Gasteiger partial charge on any atom is -0.353 e. The van der Waals surface area contributed by atoms with Crippen LogP contribution in [0.3, 0.4) is 0 Å². The summed E-state index contributed by atoms with van der Waals surface area (Å²) >= 11 is 0. The molecule has 1 aromatic carbocycles. The molecule has 2 aromatic rings. The summed E-state index contributed by atoms with van der Waals surface area (Å²) < 4.78 is 2.13. The van der Waals surface area contributed by atoms with E-state index in [2.05, 4.69) is 20.9 Å². The number of hydrogen-bond donors (Lipinski definition) is 1. The minimum absolute atomic E-state index is 0.0216. The van der Waals surface area contributed by atoms with E-state index in [1.165, 1.54) is 12.6 Å². The van der Waals surface area contributed by atoms with Gasteiger partial charge >= 0.3 is 0 Å². The van der Waals surface area contributed by atoms with E-state index in [1.807, 2.05) is 19.3 Å². The van der Waals surface area contributed by atoms with Gasteiger partial charge in [-0.3, -0.25) is 14.5 Å². The molecule has 0 radical (unpaired) electrons. The van der Waals surface area contributed by atoms with Crippen LogP contribution in [0.25, 0.3) is 0 Å². The highest BCUT2D eigenvalue weighted by Gasteiger charge is 2.28. The van der Waals surface area contributed by atoms with E-state index in [0.29, 0.717) is 18.2 Å². The first kappa shape index (κ1) is 16.5. The van der Waals surface area contributed by atoms with Gasteiger partial charge in [-0.25, -0.2) is 0 Å². The first-order valence-corrected chi connectivity index (χ1v) is 8.31. The van der Waals surface area contributed by atoms with Crippen LogP contribution in [-0.2, 0) is 11.8 Å². The number of nitrogens with zero attached hydrogens (tertiary/aromatic N) is 2. The lowest BCUT2D eigenvalue weighted by Crippen LogP contribution is -2.33. The highest BCUT2D eigenvalue weighted by atomic mass is 16.2. The second-order valence-electron chi connectivity index (χ2n) is 6.35. The van der Waals surface area contributed by atoms with Gasteiger partial charge in [0.15, 0.2) is 5.78 Å². The summed E-state index contributed by atoms with van der Waals surface area (Å²) in [4.78, 5) is 25.9. The van der Waals surface area contributed by atoms with Gasteiger partial charge in [-0.2, -0.15) is 0 Å². The molecule has 1 aliphatic heterocycles. The van der Waals surface area contributed by atoms with Crippen LogP contribution in [0.1, 0.15) is 41.9 Å². The third-order valence-electron chi connectivity index (χ3n) is 4.61. The maximum absolute atomic E-state index is 12.4. The molecule has 0 bridgehead atoms. The van der Waals surface area contributed by atoms with Crippen molar-refractivity contribution in [3.05, 3.63) is 53.9 Å². The Balaban J connectivity index is 1.62. The molecule has 0 saturated carbocycles.